The molecule has 0 aliphatic heterocycles. The molecule has 1 aromatic rings. The molecule has 3 nitrogen and oxygen atoms in total. The molecule has 0 aliphatic carbocycles. The highest BCUT2D eigenvalue weighted by Gasteiger charge is 2.13. The van der Waals surface area contributed by atoms with Gasteiger partial charge >= 0.3 is 0 Å². The largest absolute Gasteiger partial charge is 0.353 e. The van der Waals surface area contributed by atoms with Crippen LogP contribution in [0, 0.1) is 0 Å². The molecule has 1 heterocycles. The van der Waals surface area contributed by atoms with E-state index in [0.29, 0.717) is 12.3 Å². The van der Waals surface area contributed by atoms with Crippen molar-refractivity contribution in [3.8, 4) is 0 Å². The number of nitrogens with zero attached hydrogens (tertiary/aromatic N) is 2. The summed E-state index contributed by atoms with van der Waals surface area (Å²) in [6, 6.07) is 4.16. The minimum atomic E-state index is 0.323. The van der Waals surface area contributed by atoms with Gasteiger partial charge in [0.1, 0.15) is 0 Å². The lowest BCUT2D eigenvalue weighted by atomic mass is 10.1. The van der Waals surface area contributed by atoms with Crippen LogP contribution in [-0.2, 0) is 18.4 Å². The molecule has 1 amide bonds. The van der Waals surface area contributed by atoms with Crippen LogP contribution in [0.15, 0.2) is 18.3 Å². The van der Waals surface area contributed by atoms with E-state index in [0.717, 1.165) is 25.9 Å². The van der Waals surface area contributed by atoms with Crippen LogP contribution < -0.4 is 0 Å². The Hall–Kier alpha value is -1.25. The summed E-state index contributed by atoms with van der Waals surface area (Å²) in [4.78, 5) is 14.6. The maximum Gasteiger partial charge on any atom is 0.222 e. The molecule has 0 saturated carbocycles. The molecule has 3 heteroatoms. The minimum Gasteiger partial charge on any atom is -0.353 e. The van der Waals surface area contributed by atoms with E-state index in [4.69, 9.17) is 0 Å². The van der Waals surface area contributed by atoms with Gasteiger partial charge in [0.15, 0.2) is 0 Å². The van der Waals surface area contributed by atoms with Crippen molar-refractivity contribution in [2.75, 3.05) is 6.54 Å². The average Bonchev–Trinajstić information content (AvgIpc) is 3.04. The first kappa shape index (κ1) is 22.8. The molecule has 0 radical (unpaired) electrons. The summed E-state index contributed by atoms with van der Waals surface area (Å²) in [5.41, 5.74) is 1.21. The second kappa shape index (κ2) is 14.9. The van der Waals surface area contributed by atoms with Gasteiger partial charge in [-0.3, -0.25) is 4.79 Å². The lowest BCUT2D eigenvalue weighted by Crippen LogP contribution is -2.31. The third kappa shape index (κ3) is 10.0. The molecule has 0 N–H and O–H groups in total. The number of hydrogen-bond donors (Lipinski definition) is 0. The Morgan fingerprint density at radius 3 is 1.96 bits per heavy atom. The molecule has 0 atom stereocenters. The Morgan fingerprint density at radius 1 is 0.885 bits per heavy atom. The van der Waals surface area contributed by atoms with Gasteiger partial charge in [0.05, 0.1) is 6.54 Å². The average molecular weight is 363 g/mol. The SMILES string of the molecule is CCCCCCCCCCCCCC(=O)N(CCC)Cc1cccn1C. The summed E-state index contributed by atoms with van der Waals surface area (Å²) in [7, 11) is 2.05. The number of carbonyl (C=O) groups excluding carboxylic acids is 1. The van der Waals surface area contributed by atoms with Gasteiger partial charge in [-0.1, -0.05) is 78.1 Å². The van der Waals surface area contributed by atoms with Gasteiger partial charge in [-0.25, -0.2) is 0 Å². The van der Waals surface area contributed by atoms with Crippen molar-refractivity contribution < 1.29 is 4.79 Å². The van der Waals surface area contributed by atoms with Gasteiger partial charge < -0.3 is 9.47 Å². The summed E-state index contributed by atoms with van der Waals surface area (Å²) < 4.78 is 2.11. The molecular weight excluding hydrogens is 320 g/mol. The van der Waals surface area contributed by atoms with Crippen molar-refractivity contribution in [1.29, 1.82) is 0 Å². The zero-order chi connectivity index (χ0) is 19.0. The van der Waals surface area contributed by atoms with Crippen LogP contribution in [0.2, 0.25) is 0 Å². The lowest BCUT2D eigenvalue weighted by Gasteiger charge is -2.22. The molecule has 150 valence electrons. The van der Waals surface area contributed by atoms with Crippen LogP contribution in [0.25, 0.3) is 0 Å². The van der Waals surface area contributed by atoms with E-state index in [1.165, 1.54) is 69.9 Å². The van der Waals surface area contributed by atoms with Crippen LogP contribution in [0.1, 0.15) is 103 Å². The Balaban J connectivity index is 2.09. The van der Waals surface area contributed by atoms with E-state index in [2.05, 4.69) is 24.5 Å². The van der Waals surface area contributed by atoms with E-state index in [-0.39, 0.29) is 0 Å². The van der Waals surface area contributed by atoms with Crippen molar-refractivity contribution in [2.24, 2.45) is 7.05 Å². The van der Waals surface area contributed by atoms with Crippen molar-refractivity contribution in [1.82, 2.24) is 9.47 Å². The first-order valence-corrected chi connectivity index (χ1v) is 11.1. The zero-order valence-corrected chi connectivity index (χ0v) is 17.6. The predicted octanol–water partition coefficient (Wildman–Crippen LogP) is 6.46. The van der Waals surface area contributed by atoms with Gasteiger partial charge in [0, 0.05) is 31.9 Å². The van der Waals surface area contributed by atoms with Gasteiger partial charge in [-0.05, 0) is 25.0 Å². The first-order valence-electron chi connectivity index (χ1n) is 11.1. The number of carbonyl (C=O) groups is 1. The van der Waals surface area contributed by atoms with E-state index >= 15 is 0 Å². The highest BCUT2D eigenvalue weighted by atomic mass is 16.2. The Morgan fingerprint density at radius 2 is 1.46 bits per heavy atom. The monoisotopic (exact) mass is 362 g/mol. The molecule has 0 unspecified atom stereocenters. The van der Waals surface area contributed by atoms with Crippen molar-refractivity contribution in [3.63, 3.8) is 0 Å². The number of hydrogen-bond acceptors (Lipinski definition) is 1. The fraction of sp³-hybridized carbons (Fsp3) is 0.783. The maximum absolute atomic E-state index is 12.5. The predicted molar refractivity (Wildman–Crippen MR) is 112 cm³/mol. The molecule has 0 fully saturated rings. The van der Waals surface area contributed by atoms with Crippen LogP contribution >= 0.6 is 0 Å². The third-order valence-electron chi connectivity index (χ3n) is 5.24. The van der Waals surface area contributed by atoms with E-state index in [9.17, 15) is 4.79 Å². The molecule has 0 spiro atoms. The molecule has 0 aromatic carbocycles. The Bertz CT molecular complexity index is 467. The summed E-state index contributed by atoms with van der Waals surface area (Å²) in [5.74, 6) is 0.323. The Kier molecular flexibility index (Phi) is 13.0. The van der Waals surface area contributed by atoms with Crippen molar-refractivity contribution >= 4 is 5.91 Å². The van der Waals surface area contributed by atoms with Crippen LogP contribution in [0.5, 0.6) is 0 Å². The number of amides is 1. The van der Waals surface area contributed by atoms with E-state index in [1.54, 1.807) is 0 Å². The van der Waals surface area contributed by atoms with Crippen LogP contribution in [-0.4, -0.2) is 21.9 Å². The minimum absolute atomic E-state index is 0.323. The molecule has 0 bridgehead atoms. The summed E-state index contributed by atoms with van der Waals surface area (Å²) in [6.07, 6.45) is 18.4. The van der Waals surface area contributed by atoms with Crippen molar-refractivity contribution in [2.45, 2.75) is 104 Å². The summed E-state index contributed by atoms with van der Waals surface area (Å²) >= 11 is 0. The van der Waals surface area contributed by atoms with Gasteiger partial charge in [0.25, 0.3) is 0 Å². The quantitative estimate of drug-likeness (QED) is 0.310. The smallest absolute Gasteiger partial charge is 0.222 e. The second-order valence-corrected chi connectivity index (χ2v) is 7.71. The molecular formula is C23H42N2O. The number of unbranched alkanes of at least 4 members (excludes halogenated alkanes) is 10. The second-order valence-electron chi connectivity index (χ2n) is 7.71. The molecule has 0 saturated heterocycles. The maximum atomic E-state index is 12.5. The topological polar surface area (TPSA) is 25.2 Å². The molecule has 0 aliphatic rings. The summed E-state index contributed by atoms with van der Waals surface area (Å²) in [5, 5.41) is 0. The van der Waals surface area contributed by atoms with Crippen LogP contribution in [0.3, 0.4) is 0 Å². The van der Waals surface area contributed by atoms with E-state index in [1.807, 2.05) is 24.2 Å². The highest BCUT2D eigenvalue weighted by molar-refractivity contribution is 5.76. The van der Waals surface area contributed by atoms with Crippen LogP contribution in [0.4, 0.5) is 0 Å². The molecule has 1 rings (SSSR count). The normalized spacial score (nSPS) is 11.0. The molecule has 26 heavy (non-hydrogen) atoms. The van der Waals surface area contributed by atoms with Crippen molar-refractivity contribution in [3.05, 3.63) is 24.0 Å². The van der Waals surface area contributed by atoms with Gasteiger partial charge in [-0.15, -0.1) is 0 Å². The third-order valence-corrected chi connectivity index (χ3v) is 5.24. The Labute approximate surface area is 162 Å². The first-order chi connectivity index (χ1) is 12.7. The lowest BCUT2D eigenvalue weighted by molar-refractivity contribution is -0.132. The standard InChI is InChI=1S/C23H42N2O/c1-4-6-7-8-9-10-11-12-13-14-15-18-23(26)25(19-5-2)21-22-17-16-20-24(22)3/h16-17,20H,4-15,18-19,21H2,1-3H3. The number of aryl methyl sites for hydroxylation is 1. The van der Waals surface area contributed by atoms with Gasteiger partial charge in [0.2, 0.25) is 5.91 Å². The fourth-order valence-corrected chi connectivity index (χ4v) is 3.52. The highest BCUT2D eigenvalue weighted by Crippen LogP contribution is 2.13. The zero-order valence-electron chi connectivity index (χ0n) is 17.6. The number of aromatic nitrogens is 1. The number of rotatable bonds is 16. The fourth-order valence-electron chi connectivity index (χ4n) is 3.52. The van der Waals surface area contributed by atoms with E-state index < -0.39 is 0 Å². The molecule has 1 aromatic heterocycles. The van der Waals surface area contributed by atoms with Gasteiger partial charge in [-0.2, -0.15) is 0 Å². The summed E-state index contributed by atoms with van der Waals surface area (Å²) in [6.45, 7) is 6.03.